The van der Waals surface area contributed by atoms with E-state index in [1.165, 1.54) is 18.4 Å². The van der Waals surface area contributed by atoms with Crippen molar-refractivity contribution in [1.29, 1.82) is 0 Å². The van der Waals surface area contributed by atoms with E-state index in [4.69, 9.17) is 10.5 Å². The lowest BCUT2D eigenvalue weighted by Gasteiger charge is -2.32. The molecule has 1 saturated heterocycles. The number of halogens is 1. The number of nitrogens with one attached hydrogen (secondary N) is 2. The highest BCUT2D eigenvalue weighted by Crippen LogP contribution is 2.22. The van der Waals surface area contributed by atoms with Crippen molar-refractivity contribution in [3.8, 4) is 0 Å². The van der Waals surface area contributed by atoms with Crippen molar-refractivity contribution < 1.29 is 22.7 Å². The third-order valence-electron chi connectivity index (χ3n) is 3.01. The molecule has 2 heterocycles. The van der Waals surface area contributed by atoms with Gasteiger partial charge in [-0.05, 0) is 18.4 Å². The van der Waals surface area contributed by atoms with E-state index in [1.54, 1.807) is 0 Å². The van der Waals surface area contributed by atoms with Gasteiger partial charge in [-0.1, -0.05) is 0 Å². The summed E-state index contributed by atoms with van der Waals surface area (Å²) in [5.41, 5.74) is 3.83. The van der Waals surface area contributed by atoms with Gasteiger partial charge in [0.05, 0.1) is 6.61 Å². The molecule has 22 heavy (non-hydrogen) atoms. The van der Waals surface area contributed by atoms with Gasteiger partial charge in [-0.2, -0.15) is 0 Å². The molecule has 11 heteroatoms. The van der Waals surface area contributed by atoms with Crippen molar-refractivity contribution in [3.63, 3.8) is 0 Å². The number of thiophene rings is 1. The second-order valence-corrected chi connectivity index (χ2v) is 7.24. The number of primary amides is 1. The number of hydrogen-bond donors (Lipinski definition) is 3. The quantitative estimate of drug-likeness (QED) is 0.653. The van der Waals surface area contributed by atoms with Gasteiger partial charge in [-0.25, -0.2) is 13.1 Å². The summed E-state index contributed by atoms with van der Waals surface area (Å²) in [6, 6.07) is 1.22. The smallest absolute Gasteiger partial charge is 0.266 e. The Balaban J connectivity index is 0.00000242. The highest BCUT2D eigenvalue weighted by Gasteiger charge is 2.39. The number of amides is 2. The number of rotatable bonds is 4. The molecule has 1 unspecified atom stereocenters. The predicted molar refractivity (Wildman–Crippen MR) is 82.6 cm³/mol. The molecule has 0 aliphatic carbocycles. The number of carbonyl (C=O) groups excluding carboxylic acids is 2. The van der Waals surface area contributed by atoms with Crippen molar-refractivity contribution in [3.05, 3.63) is 16.3 Å². The molecular formula is C11H16ClN3O5S2. The molecule has 0 bridgehead atoms. The summed E-state index contributed by atoms with van der Waals surface area (Å²) in [6.45, 7) is 2.58. The van der Waals surface area contributed by atoms with Crippen molar-refractivity contribution >= 4 is 45.6 Å². The topological polar surface area (TPSA) is 128 Å². The normalized spacial score (nSPS) is 21.7. The zero-order chi connectivity index (χ0) is 15.7. The Kier molecular flexibility index (Phi) is 5.93. The van der Waals surface area contributed by atoms with Crippen molar-refractivity contribution in [1.82, 2.24) is 10.0 Å². The Morgan fingerprint density at radius 1 is 1.50 bits per heavy atom. The van der Waals surface area contributed by atoms with Crippen LogP contribution < -0.4 is 15.8 Å². The van der Waals surface area contributed by atoms with Gasteiger partial charge in [0, 0.05) is 13.1 Å². The number of carbonyl (C=O) groups is 2. The SMILES string of the molecule is CC1(C(=O)NS(=O)(=O)c2ccsc2C(N)=O)CNCCO1.Cl. The molecule has 1 aliphatic rings. The first-order chi connectivity index (χ1) is 9.76. The minimum absolute atomic E-state index is 0. The lowest BCUT2D eigenvalue weighted by atomic mass is 10.1. The summed E-state index contributed by atoms with van der Waals surface area (Å²) in [5, 5.41) is 4.37. The lowest BCUT2D eigenvalue weighted by Crippen LogP contribution is -2.57. The Labute approximate surface area is 137 Å². The lowest BCUT2D eigenvalue weighted by molar-refractivity contribution is -0.145. The molecular weight excluding hydrogens is 354 g/mol. The standard InChI is InChI=1S/C11H15N3O5S2.ClH/c1-11(6-13-3-4-19-11)10(16)14-21(17,18)7-2-5-20-8(7)9(12)15;/h2,5,13H,3-4,6H2,1H3,(H2,12,15)(H,14,16);1H. The first-order valence-electron chi connectivity index (χ1n) is 6.05. The van der Waals surface area contributed by atoms with Crippen LogP contribution in [0.3, 0.4) is 0 Å². The largest absolute Gasteiger partial charge is 0.365 e. The van der Waals surface area contributed by atoms with E-state index in [9.17, 15) is 18.0 Å². The summed E-state index contributed by atoms with van der Waals surface area (Å²) >= 11 is 0.898. The number of hydrogen-bond acceptors (Lipinski definition) is 7. The molecule has 1 atom stereocenters. The van der Waals surface area contributed by atoms with Crippen LogP contribution in [0.15, 0.2) is 16.3 Å². The van der Waals surface area contributed by atoms with E-state index in [-0.39, 0.29) is 28.7 Å². The molecule has 1 aliphatic heterocycles. The second-order valence-electron chi connectivity index (χ2n) is 4.67. The average molecular weight is 370 g/mol. The van der Waals surface area contributed by atoms with Gasteiger partial charge in [0.1, 0.15) is 9.77 Å². The van der Waals surface area contributed by atoms with Crippen molar-refractivity contribution in [2.45, 2.75) is 17.4 Å². The first-order valence-corrected chi connectivity index (χ1v) is 8.42. The van der Waals surface area contributed by atoms with Gasteiger partial charge in [0.25, 0.3) is 21.8 Å². The van der Waals surface area contributed by atoms with Crippen LogP contribution in [0.4, 0.5) is 0 Å². The molecule has 0 radical (unpaired) electrons. The number of nitrogens with two attached hydrogens (primary N) is 1. The molecule has 1 fully saturated rings. The van der Waals surface area contributed by atoms with Crippen LogP contribution in [-0.4, -0.2) is 45.5 Å². The first kappa shape index (κ1) is 18.8. The molecule has 2 amide bonds. The molecule has 0 saturated carbocycles. The average Bonchev–Trinajstić information content (AvgIpc) is 2.89. The highest BCUT2D eigenvalue weighted by molar-refractivity contribution is 7.90. The van der Waals surface area contributed by atoms with Gasteiger partial charge >= 0.3 is 0 Å². The maximum atomic E-state index is 12.2. The molecule has 0 aromatic carbocycles. The summed E-state index contributed by atoms with van der Waals surface area (Å²) in [6.07, 6.45) is 0. The Bertz CT molecular complexity index is 667. The molecule has 8 nitrogen and oxygen atoms in total. The van der Waals surface area contributed by atoms with Gasteiger partial charge < -0.3 is 15.8 Å². The van der Waals surface area contributed by atoms with E-state index >= 15 is 0 Å². The summed E-state index contributed by atoms with van der Waals surface area (Å²) in [4.78, 5) is 22.9. The Hall–Kier alpha value is -1.20. The van der Waals surface area contributed by atoms with Crippen LogP contribution >= 0.6 is 23.7 Å². The van der Waals surface area contributed by atoms with Crippen LogP contribution in [0.5, 0.6) is 0 Å². The zero-order valence-corrected chi connectivity index (χ0v) is 14.1. The fourth-order valence-corrected chi connectivity index (χ4v) is 4.21. The van der Waals surface area contributed by atoms with Crippen LogP contribution in [0.25, 0.3) is 0 Å². The maximum absolute atomic E-state index is 12.2. The Morgan fingerprint density at radius 2 is 2.18 bits per heavy atom. The maximum Gasteiger partial charge on any atom is 0.266 e. The predicted octanol–water partition coefficient (Wildman–Crippen LogP) is -0.548. The number of ether oxygens (including phenoxy) is 1. The van der Waals surface area contributed by atoms with E-state index in [2.05, 4.69) is 5.32 Å². The van der Waals surface area contributed by atoms with E-state index in [1.807, 2.05) is 4.72 Å². The van der Waals surface area contributed by atoms with Gasteiger partial charge in [-0.3, -0.25) is 9.59 Å². The summed E-state index contributed by atoms with van der Waals surface area (Å²) in [7, 11) is -4.18. The third-order valence-corrected chi connectivity index (χ3v) is 5.44. The van der Waals surface area contributed by atoms with Gasteiger partial charge in [-0.15, -0.1) is 23.7 Å². The zero-order valence-electron chi connectivity index (χ0n) is 11.6. The molecule has 1 aromatic rings. The van der Waals surface area contributed by atoms with Crippen molar-refractivity contribution in [2.75, 3.05) is 19.7 Å². The molecule has 2 rings (SSSR count). The number of morpholine rings is 1. The number of sulfonamides is 1. The fraction of sp³-hybridized carbons (Fsp3) is 0.455. The van der Waals surface area contributed by atoms with Crippen LogP contribution in [0.2, 0.25) is 0 Å². The molecule has 4 N–H and O–H groups in total. The van der Waals surface area contributed by atoms with Crippen LogP contribution in [-0.2, 0) is 19.6 Å². The molecule has 0 spiro atoms. The second kappa shape index (κ2) is 6.92. The minimum Gasteiger partial charge on any atom is -0.365 e. The molecule has 1 aromatic heterocycles. The Morgan fingerprint density at radius 3 is 2.73 bits per heavy atom. The van der Waals surface area contributed by atoms with Gasteiger partial charge in [0.2, 0.25) is 0 Å². The van der Waals surface area contributed by atoms with Gasteiger partial charge in [0.15, 0.2) is 5.60 Å². The van der Waals surface area contributed by atoms with E-state index in [0.29, 0.717) is 13.2 Å². The summed E-state index contributed by atoms with van der Waals surface area (Å²) in [5.74, 6) is -1.66. The molecule has 124 valence electrons. The monoisotopic (exact) mass is 369 g/mol. The highest BCUT2D eigenvalue weighted by atomic mass is 35.5. The third kappa shape index (κ3) is 3.76. The van der Waals surface area contributed by atoms with E-state index in [0.717, 1.165) is 11.3 Å². The van der Waals surface area contributed by atoms with Crippen LogP contribution in [0, 0.1) is 0 Å². The van der Waals surface area contributed by atoms with E-state index < -0.39 is 27.4 Å². The minimum atomic E-state index is -4.18. The fourth-order valence-electron chi connectivity index (χ4n) is 1.85. The van der Waals surface area contributed by atoms with Crippen molar-refractivity contribution in [2.24, 2.45) is 5.73 Å². The van der Waals surface area contributed by atoms with Crippen LogP contribution in [0.1, 0.15) is 16.6 Å². The summed E-state index contributed by atoms with van der Waals surface area (Å²) < 4.78 is 31.7.